The van der Waals surface area contributed by atoms with Crippen molar-refractivity contribution in [3.05, 3.63) is 35.4 Å². The van der Waals surface area contributed by atoms with E-state index in [0.717, 1.165) is 37.2 Å². The zero-order valence-corrected chi connectivity index (χ0v) is 17.8. The number of halogens is 3. The van der Waals surface area contributed by atoms with E-state index >= 15 is 0 Å². The number of hydrogen-bond acceptors (Lipinski definition) is 4. The van der Waals surface area contributed by atoms with Crippen LogP contribution in [0.2, 0.25) is 0 Å². The molecule has 1 aromatic rings. The molecule has 168 valence electrons. The molecule has 2 saturated heterocycles. The molecule has 0 aromatic heterocycles. The molecule has 7 nitrogen and oxygen atoms in total. The Labute approximate surface area is 175 Å². The van der Waals surface area contributed by atoms with E-state index < -0.39 is 21.8 Å². The first-order valence-electron chi connectivity index (χ1n) is 10.0. The topological polar surface area (TPSA) is 77.0 Å². The van der Waals surface area contributed by atoms with Crippen molar-refractivity contribution in [1.82, 2.24) is 19.8 Å². The van der Waals surface area contributed by atoms with Gasteiger partial charge in [-0.15, -0.1) is 0 Å². The summed E-state index contributed by atoms with van der Waals surface area (Å²) in [5.74, 6) is 0.838. The Balaban J connectivity index is 1.42. The highest BCUT2D eigenvalue weighted by Gasteiger charge is 2.30. The Kier molecular flexibility index (Phi) is 7.25. The first kappa shape index (κ1) is 22.8. The van der Waals surface area contributed by atoms with Crippen molar-refractivity contribution < 1.29 is 21.6 Å². The molecule has 30 heavy (non-hydrogen) atoms. The van der Waals surface area contributed by atoms with Crippen LogP contribution in [0.1, 0.15) is 24.0 Å². The second-order valence-corrected chi connectivity index (χ2v) is 9.72. The van der Waals surface area contributed by atoms with Crippen LogP contribution < -0.4 is 10.6 Å². The zero-order valence-electron chi connectivity index (χ0n) is 17.0. The lowest BCUT2D eigenvalue weighted by Gasteiger charge is -2.20. The molecule has 0 saturated carbocycles. The van der Waals surface area contributed by atoms with Gasteiger partial charge in [-0.25, -0.2) is 12.7 Å². The lowest BCUT2D eigenvalue weighted by atomic mass is 10.1. The molecule has 0 spiro atoms. The molecule has 1 aromatic carbocycles. The van der Waals surface area contributed by atoms with Gasteiger partial charge in [0.2, 0.25) is 10.0 Å². The maximum atomic E-state index is 12.7. The smallest absolute Gasteiger partial charge is 0.355 e. The molecular weight excluding hydrogens is 419 g/mol. The summed E-state index contributed by atoms with van der Waals surface area (Å²) >= 11 is 0. The summed E-state index contributed by atoms with van der Waals surface area (Å²) in [5, 5.41) is 6.49. The number of nitrogens with one attached hydrogen (secondary N) is 2. The first-order valence-corrected chi connectivity index (χ1v) is 11.6. The minimum atomic E-state index is -4.32. The number of rotatable bonds is 6. The fourth-order valence-corrected chi connectivity index (χ4v) is 5.31. The summed E-state index contributed by atoms with van der Waals surface area (Å²) < 4.78 is 63.2. The maximum Gasteiger partial charge on any atom is 0.416 e. The molecule has 2 aliphatic rings. The predicted octanol–water partition coefficient (Wildman–Crippen LogP) is 1.48. The van der Waals surface area contributed by atoms with Crippen molar-refractivity contribution >= 4 is 16.0 Å². The number of sulfonamides is 1. The molecular formula is C19H28F3N5O2S. The van der Waals surface area contributed by atoms with Gasteiger partial charge in [0.15, 0.2) is 5.96 Å². The third-order valence-electron chi connectivity index (χ3n) is 5.38. The fourth-order valence-electron chi connectivity index (χ4n) is 3.78. The Bertz CT molecular complexity index is 843. The van der Waals surface area contributed by atoms with E-state index in [1.165, 1.54) is 16.4 Å². The standard InChI is InChI=1S/C19H28F3N5O2S/c1-23-18(24-8-11-27-9-2-12-30(27,28)29)25-17-7-10-26(14-17)13-15-3-5-16(6-4-15)19(20,21)22/h3-6,17H,2,7-14H2,1H3,(H2,23,24,25). The normalized spacial score (nSPS) is 23.1. The van der Waals surface area contributed by atoms with Crippen LogP contribution >= 0.6 is 0 Å². The van der Waals surface area contributed by atoms with Gasteiger partial charge in [-0.05, 0) is 30.5 Å². The zero-order chi connectivity index (χ0) is 21.8. The molecule has 2 heterocycles. The van der Waals surface area contributed by atoms with E-state index in [1.807, 2.05) is 0 Å². The van der Waals surface area contributed by atoms with E-state index in [9.17, 15) is 21.6 Å². The van der Waals surface area contributed by atoms with Gasteiger partial charge >= 0.3 is 6.18 Å². The van der Waals surface area contributed by atoms with Gasteiger partial charge in [-0.1, -0.05) is 12.1 Å². The highest BCUT2D eigenvalue weighted by Crippen LogP contribution is 2.29. The minimum absolute atomic E-state index is 0.168. The van der Waals surface area contributed by atoms with E-state index in [4.69, 9.17) is 0 Å². The van der Waals surface area contributed by atoms with Crippen LogP contribution in [0, 0.1) is 0 Å². The minimum Gasteiger partial charge on any atom is -0.355 e. The van der Waals surface area contributed by atoms with Gasteiger partial charge in [-0.3, -0.25) is 9.89 Å². The summed E-state index contributed by atoms with van der Waals surface area (Å²) in [4.78, 5) is 6.38. The number of guanidine groups is 1. The van der Waals surface area contributed by atoms with Crippen LogP contribution in [-0.4, -0.2) is 75.1 Å². The van der Waals surface area contributed by atoms with Crippen LogP contribution in [0.15, 0.2) is 29.3 Å². The van der Waals surface area contributed by atoms with Crippen molar-refractivity contribution in [2.45, 2.75) is 31.6 Å². The summed E-state index contributed by atoms with van der Waals surface area (Å²) in [7, 11) is -1.43. The maximum absolute atomic E-state index is 12.7. The highest BCUT2D eigenvalue weighted by atomic mass is 32.2. The SMILES string of the molecule is CN=C(NCCN1CCCS1(=O)=O)NC1CCN(Cc2ccc(C(F)(F)F)cc2)C1. The summed E-state index contributed by atoms with van der Waals surface area (Å²) in [5.41, 5.74) is 0.210. The van der Waals surface area contributed by atoms with Crippen LogP contribution in [0.4, 0.5) is 13.2 Å². The third-order valence-corrected chi connectivity index (χ3v) is 7.34. The van der Waals surface area contributed by atoms with Crippen molar-refractivity contribution in [3.8, 4) is 0 Å². The number of alkyl halides is 3. The second kappa shape index (κ2) is 9.52. The molecule has 1 atom stereocenters. The van der Waals surface area contributed by atoms with Crippen molar-refractivity contribution in [3.63, 3.8) is 0 Å². The average Bonchev–Trinajstić information content (AvgIpc) is 3.26. The van der Waals surface area contributed by atoms with Gasteiger partial charge < -0.3 is 10.6 Å². The average molecular weight is 448 g/mol. The quantitative estimate of drug-likeness (QED) is 0.510. The third kappa shape index (κ3) is 6.08. The molecule has 0 amide bonds. The van der Waals surface area contributed by atoms with Gasteiger partial charge in [0.25, 0.3) is 0 Å². The lowest BCUT2D eigenvalue weighted by Crippen LogP contribution is -2.46. The molecule has 3 rings (SSSR count). The lowest BCUT2D eigenvalue weighted by molar-refractivity contribution is -0.137. The van der Waals surface area contributed by atoms with Crippen LogP contribution in [0.3, 0.4) is 0 Å². The van der Waals surface area contributed by atoms with Crippen LogP contribution in [-0.2, 0) is 22.7 Å². The first-order chi connectivity index (χ1) is 14.2. The molecule has 2 fully saturated rings. The summed E-state index contributed by atoms with van der Waals surface area (Å²) in [6.45, 7) is 3.63. The number of nitrogens with zero attached hydrogens (tertiary/aromatic N) is 3. The Hall–Kier alpha value is -1.85. The van der Waals surface area contributed by atoms with E-state index in [2.05, 4.69) is 20.5 Å². The number of benzene rings is 1. The highest BCUT2D eigenvalue weighted by molar-refractivity contribution is 7.89. The van der Waals surface area contributed by atoms with E-state index in [0.29, 0.717) is 38.6 Å². The largest absolute Gasteiger partial charge is 0.416 e. The number of hydrogen-bond donors (Lipinski definition) is 2. The summed E-state index contributed by atoms with van der Waals surface area (Å²) in [6.07, 6.45) is -2.75. The van der Waals surface area contributed by atoms with E-state index in [-0.39, 0.29) is 11.8 Å². The Morgan fingerprint density at radius 1 is 1.23 bits per heavy atom. The fraction of sp³-hybridized carbons (Fsp3) is 0.632. The molecule has 0 radical (unpaired) electrons. The predicted molar refractivity (Wildman–Crippen MR) is 110 cm³/mol. The monoisotopic (exact) mass is 447 g/mol. The van der Waals surface area contributed by atoms with Gasteiger partial charge in [0.1, 0.15) is 0 Å². The van der Waals surface area contributed by atoms with Crippen LogP contribution in [0.5, 0.6) is 0 Å². The van der Waals surface area contributed by atoms with Crippen molar-refractivity contribution in [2.24, 2.45) is 4.99 Å². The van der Waals surface area contributed by atoms with Gasteiger partial charge in [0.05, 0.1) is 11.3 Å². The van der Waals surface area contributed by atoms with Crippen LogP contribution in [0.25, 0.3) is 0 Å². The van der Waals surface area contributed by atoms with Gasteiger partial charge in [0, 0.05) is 52.4 Å². The number of aliphatic imine (C=N–C) groups is 1. The second-order valence-electron chi connectivity index (χ2n) is 7.63. The van der Waals surface area contributed by atoms with E-state index in [1.54, 1.807) is 7.05 Å². The molecule has 2 aliphatic heterocycles. The molecule has 11 heteroatoms. The Morgan fingerprint density at radius 2 is 1.97 bits per heavy atom. The number of likely N-dealkylation sites (tertiary alicyclic amines) is 1. The van der Waals surface area contributed by atoms with Crippen molar-refractivity contribution in [2.75, 3.05) is 45.5 Å². The molecule has 0 aliphatic carbocycles. The molecule has 1 unspecified atom stereocenters. The van der Waals surface area contributed by atoms with Crippen molar-refractivity contribution in [1.29, 1.82) is 0 Å². The summed E-state index contributed by atoms with van der Waals surface area (Å²) in [6, 6.07) is 5.45. The molecule has 2 N–H and O–H groups in total. The molecule has 0 bridgehead atoms. The Morgan fingerprint density at radius 3 is 2.57 bits per heavy atom. The van der Waals surface area contributed by atoms with Gasteiger partial charge in [-0.2, -0.15) is 13.2 Å².